The molecule has 4 nitrogen and oxygen atoms in total. The molecule has 4 atom stereocenters. The molecule has 4 unspecified atom stereocenters. The Balaban J connectivity index is 1.89. The predicted octanol–water partition coefficient (Wildman–Crippen LogP) is 1.79. The van der Waals surface area contributed by atoms with Gasteiger partial charge in [0.25, 0.3) is 0 Å². The average molecular weight is 268 g/mol. The van der Waals surface area contributed by atoms with Crippen LogP contribution in [-0.4, -0.2) is 49.7 Å². The molecule has 2 aliphatic rings. The summed E-state index contributed by atoms with van der Waals surface area (Å²) in [5.41, 5.74) is 0. The molecular formula is C15H28N2O2. The van der Waals surface area contributed by atoms with Crippen molar-refractivity contribution in [1.29, 1.82) is 0 Å². The quantitative estimate of drug-likeness (QED) is 0.845. The van der Waals surface area contributed by atoms with Crippen LogP contribution in [0.25, 0.3) is 0 Å². The van der Waals surface area contributed by atoms with Crippen LogP contribution in [0.2, 0.25) is 0 Å². The zero-order valence-electron chi connectivity index (χ0n) is 12.5. The lowest BCUT2D eigenvalue weighted by atomic mass is 9.77. The van der Waals surface area contributed by atoms with Crippen LogP contribution in [0.15, 0.2) is 0 Å². The Hall–Kier alpha value is -0.610. The van der Waals surface area contributed by atoms with Crippen LogP contribution in [0, 0.1) is 5.92 Å². The van der Waals surface area contributed by atoms with Crippen molar-refractivity contribution in [1.82, 2.24) is 10.2 Å². The standard InChI is InChI=1S/C15H28N2O2/c1-11(10-19-3)17(2)15(18)14-9-8-12-6-4-5-7-13(12)16-14/h11-14,16H,4-10H2,1-3H3. The van der Waals surface area contributed by atoms with E-state index in [9.17, 15) is 4.79 Å². The fraction of sp³-hybridized carbons (Fsp3) is 0.933. The van der Waals surface area contributed by atoms with E-state index in [-0.39, 0.29) is 18.0 Å². The molecule has 0 aromatic heterocycles. The van der Waals surface area contributed by atoms with Gasteiger partial charge in [-0.2, -0.15) is 0 Å². The molecule has 1 saturated carbocycles. The zero-order valence-corrected chi connectivity index (χ0v) is 12.5. The summed E-state index contributed by atoms with van der Waals surface area (Å²) >= 11 is 0. The fourth-order valence-electron chi connectivity index (χ4n) is 3.51. The highest BCUT2D eigenvalue weighted by Crippen LogP contribution is 2.32. The first-order valence-corrected chi connectivity index (χ1v) is 7.65. The maximum absolute atomic E-state index is 12.5. The minimum absolute atomic E-state index is 0.0173. The van der Waals surface area contributed by atoms with Crippen molar-refractivity contribution in [2.45, 2.75) is 63.6 Å². The van der Waals surface area contributed by atoms with Crippen molar-refractivity contribution in [3.8, 4) is 0 Å². The third-order valence-corrected chi connectivity index (χ3v) is 4.87. The predicted molar refractivity (Wildman–Crippen MR) is 76.0 cm³/mol. The number of likely N-dealkylation sites (N-methyl/N-ethyl adjacent to an activating group) is 1. The fourth-order valence-corrected chi connectivity index (χ4v) is 3.51. The number of carbonyl (C=O) groups excluding carboxylic acids is 1. The molecule has 110 valence electrons. The number of nitrogens with zero attached hydrogens (tertiary/aromatic N) is 1. The van der Waals surface area contributed by atoms with Crippen LogP contribution in [0.5, 0.6) is 0 Å². The molecule has 1 saturated heterocycles. The van der Waals surface area contributed by atoms with E-state index in [1.165, 1.54) is 32.1 Å². The molecule has 1 aliphatic carbocycles. The van der Waals surface area contributed by atoms with Gasteiger partial charge in [0.05, 0.1) is 18.7 Å². The van der Waals surface area contributed by atoms with Gasteiger partial charge in [-0.15, -0.1) is 0 Å². The highest BCUT2D eigenvalue weighted by Gasteiger charge is 2.35. The van der Waals surface area contributed by atoms with E-state index in [1.54, 1.807) is 7.11 Å². The highest BCUT2D eigenvalue weighted by atomic mass is 16.5. The normalized spacial score (nSPS) is 32.5. The molecule has 0 radical (unpaired) electrons. The lowest BCUT2D eigenvalue weighted by Gasteiger charge is -2.41. The summed E-state index contributed by atoms with van der Waals surface area (Å²) in [6.45, 7) is 2.63. The zero-order chi connectivity index (χ0) is 13.8. The molecule has 1 heterocycles. The first-order valence-electron chi connectivity index (χ1n) is 7.65. The average Bonchev–Trinajstić information content (AvgIpc) is 2.45. The lowest BCUT2D eigenvalue weighted by Crippen LogP contribution is -2.56. The third-order valence-electron chi connectivity index (χ3n) is 4.87. The van der Waals surface area contributed by atoms with E-state index in [0.717, 1.165) is 12.3 Å². The molecule has 19 heavy (non-hydrogen) atoms. The van der Waals surface area contributed by atoms with Gasteiger partial charge in [-0.3, -0.25) is 4.79 Å². The van der Waals surface area contributed by atoms with Gasteiger partial charge in [0.15, 0.2) is 0 Å². The number of amides is 1. The maximum Gasteiger partial charge on any atom is 0.239 e. The molecule has 2 rings (SSSR count). The van der Waals surface area contributed by atoms with E-state index in [4.69, 9.17) is 4.74 Å². The summed E-state index contributed by atoms with van der Waals surface area (Å²) in [6.07, 6.45) is 7.46. The first-order chi connectivity index (χ1) is 9.13. The minimum atomic E-state index is 0.0173. The molecule has 4 heteroatoms. The van der Waals surface area contributed by atoms with Crippen LogP contribution in [0.3, 0.4) is 0 Å². The molecular weight excluding hydrogens is 240 g/mol. The summed E-state index contributed by atoms with van der Waals surface area (Å²) < 4.78 is 5.13. The number of hydrogen-bond donors (Lipinski definition) is 1. The Bertz CT molecular complexity index is 309. The van der Waals surface area contributed by atoms with Crippen molar-refractivity contribution in [2.24, 2.45) is 5.92 Å². The summed E-state index contributed by atoms with van der Waals surface area (Å²) in [5.74, 6) is 1.04. The van der Waals surface area contributed by atoms with E-state index in [1.807, 2.05) is 18.9 Å². The van der Waals surface area contributed by atoms with E-state index in [2.05, 4.69) is 5.32 Å². The van der Waals surface area contributed by atoms with E-state index >= 15 is 0 Å². The number of ether oxygens (including phenoxy) is 1. The first kappa shape index (κ1) is 14.8. The minimum Gasteiger partial charge on any atom is -0.383 e. The van der Waals surface area contributed by atoms with Gasteiger partial charge in [0.1, 0.15) is 0 Å². The molecule has 1 N–H and O–H groups in total. The molecule has 0 spiro atoms. The van der Waals surface area contributed by atoms with Crippen molar-refractivity contribution >= 4 is 5.91 Å². The maximum atomic E-state index is 12.5. The van der Waals surface area contributed by atoms with Crippen molar-refractivity contribution in [3.63, 3.8) is 0 Å². The number of methoxy groups -OCH3 is 1. The van der Waals surface area contributed by atoms with Crippen molar-refractivity contribution < 1.29 is 9.53 Å². The summed E-state index contributed by atoms with van der Waals surface area (Å²) in [7, 11) is 3.57. The Kier molecular flexibility index (Phi) is 5.22. The number of nitrogens with one attached hydrogen (secondary N) is 1. The van der Waals surface area contributed by atoms with Gasteiger partial charge in [-0.05, 0) is 38.5 Å². The molecule has 2 fully saturated rings. The molecule has 0 aromatic rings. The third kappa shape index (κ3) is 3.48. The number of carbonyl (C=O) groups is 1. The number of hydrogen-bond acceptors (Lipinski definition) is 3. The molecule has 0 aromatic carbocycles. The number of rotatable bonds is 4. The van der Waals surface area contributed by atoms with E-state index in [0.29, 0.717) is 12.6 Å². The van der Waals surface area contributed by atoms with Gasteiger partial charge in [0.2, 0.25) is 5.91 Å². The van der Waals surface area contributed by atoms with Gasteiger partial charge < -0.3 is 15.0 Å². The summed E-state index contributed by atoms with van der Waals surface area (Å²) in [5, 5.41) is 3.60. The van der Waals surface area contributed by atoms with Crippen LogP contribution >= 0.6 is 0 Å². The Morgan fingerprint density at radius 2 is 2.05 bits per heavy atom. The van der Waals surface area contributed by atoms with Gasteiger partial charge in [0, 0.05) is 20.2 Å². The second kappa shape index (κ2) is 6.71. The van der Waals surface area contributed by atoms with Gasteiger partial charge in [-0.25, -0.2) is 0 Å². The Morgan fingerprint density at radius 1 is 1.32 bits per heavy atom. The van der Waals surface area contributed by atoms with Crippen molar-refractivity contribution in [2.75, 3.05) is 20.8 Å². The highest BCUT2D eigenvalue weighted by molar-refractivity contribution is 5.82. The van der Waals surface area contributed by atoms with Crippen LogP contribution in [0.1, 0.15) is 45.4 Å². The second-order valence-electron chi connectivity index (χ2n) is 6.20. The topological polar surface area (TPSA) is 41.6 Å². The van der Waals surface area contributed by atoms with Crippen LogP contribution in [-0.2, 0) is 9.53 Å². The van der Waals surface area contributed by atoms with E-state index < -0.39 is 0 Å². The number of fused-ring (bicyclic) bond motifs is 1. The van der Waals surface area contributed by atoms with Gasteiger partial charge >= 0.3 is 0 Å². The van der Waals surface area contributed by atoms with Crippen LogP contribution in [0.4, 0.5) is 0 Å². The van der Waals surface area contributed by atoms with Gasteiger partial charge in [-0.1, -0.05) is 12.8 Å². The smallest absolute Gasteiger partial charge is 0.239 e. The monoisotopic (exact) mass is 268 g/mol. The second-order valence-corrected chi connectivity index (χ2v) is 6.20. The Morgan fingerprint density at radius 3 is 2.79 bits per heavy atom. The molecule has 1 amide bonds. The summed E-state index contributed by atoms with van der Waals surface area (Å²) in [4.78, 5) is 14.3. The molecule has 0 bridgehead atoms. The largest absolute Gasteiger partial charge is 0.383 e. The SMILES string of the molecule is COCC(C)N(C)C(=O)C1CCC2CCCCC2N1. The lowest BCUT2D eigenvalue weighted by molar-refractivity contribution is -0.136. The van der Waals surface area contributed by atoms with Crippen molar-refractivity contribution in [3.05, 3.63) is 0 Å². The number of piperidine rings is 1. The summed E-state index contributed by atoms with van der Waals surface area (Å²) in [6, 6.07) is 0.731. The Labute approximate surface area is 116 Å². The molecule has 1 aliphatic heterocycles. The van der Waals surface area contributed by atoms with Crippen LogP contribution < -0.4 is 5.32 Å².